The second-order valence-corrected chi connectivity index (χ2v) is 6.65. The molecule has 1 heterocycles. The highest BCUT2D eigenvalue weighted by molar-refractivity contribution is 6.31. The molecule has 0 saturated carbocycles. The molecule has 0 bridgehead atoms. The van der Waals surface area contributed by atoms with Crippen LogP contribution in [0.1, 0.15) is 34.6 Å². The first-order chi connectivity index (χ1) is 11.9. The van der Waals surface area contributed by atoms with E-state index in [-0.39, 0.29) is 5.92 Å². The number of hydrogen-bond donors (Lipinski definition) is 1. The minimum atomic E-state index is -0.911. The van der Waals surface area contributed by atoms with Gasteiger partial charge < -0.3 is 5.32 Å². The number of nitrogens with zero attached hydrogens (tertiary/aromatic N) is 1. The van der Waals surface area contributed by atoms with E-state index >= 15 is 0 Å². The molecule has 1 aliphatic heterocycles. The molecule has 0 radical (unpaired) electrons. The molecule has 0 fully saturated rings. The second-order valence-electron chi connectivity index (χ2n) is 6.21. The Morgan fingerprint density at radius 1 is 1.00 bits per heavy atom. The number of fused-ring (bicyclic) bond motifs is 1. The van der Waals surface area contributed by atoms with Crippen molar-refractivity contribution in [3.63, 3.8) is 0 Å². The smallest absolute Gasteiger partial charge is 0.262 e. The van der Waals surface area contributed by atoms with Gasteiger partial charge in [-0.1, -0.05) is 43.6 Å². The first-order valence-corrected chi connectivity index (χ1v) is 8.31. The summed E-state index contributed by atoms with van der Waals surface area (Å²) in [5.74, 6) is -1.56. The zero-order valence-corrected chi connectivity index (χ0v) is 14.6. The van der Waals surface area contributed by atoms with Gasteiger partial charge in [0.25, 0.3) is 11.8 Å². The number of hydrogen-bond acceptors (Lipinski definition) is 3. The molecule has 5 nitrogen and oxygen atoms in total. The van der Waals surface area contributed by atoms with Crippen LogP contribution in [-0.4, -0.2) is 28.7 Å². The van der Waals surface area contributed by atoms with E-state index in [9.17, 15) is 14.4 Å². The highest BCUT2D eigenvalue weighted by Gasteiger charge is 2.43. The van der Waals surface area contributed by atoms with E-state index in [1.54, 1.807) is 62.4 Å². The lowest BCUT2D eigenvalue weighted by Crippen LogP contribution is -2.50. The number of anilines is 1. The Labute approximate surface area is 150 Å². The zero-order valence-electron chi connectivity index (χ0n) is 13.8. The van der Waals surface area contributed by atoms with Crippen LogP contribution in [0.5, 0.6) is 0 Å². The number of imide groups is 1. The van der Waals surface area contributed by atoms with Crippen LogP contribution in [0.25, 0.3) is 0 Å². The fourth-order valence-electron chi connectivity index (χ4n) is 2.96. The van der Waals surface area contributed by atoms with Crippen molar-refractivity contribution in [1.82, 2.24) is 4.90 Å². The summed E-state index contributed by atoms with van der Waals surface area (Å²) in [6.45, 7) is 3.59. The molecule has 1 N–H and O–H groups in total. The zero-order chi connectivity index (χ0) is 18.1. The van der Waals surface area contributed by atoms with E-state index in [0.717, 1.165) is 4.90 Å². The van der Waals surface area contributed by atoms with Gasteiger partial charge in [0.2, 0.25) is 5.91 Å². The average Bonchev–Trinajstić information content (AvgIpc) is 2.80. The van der Waals surface area contributed by atoms with Gasteiger partial charge in [0.05, 0.1) is 11.1 Å². The van der Waals surface area contributed by atoms with E-state index in [1.807, 2.05) is 0 Å². The maximum Gasteiger partial charge on any atom is 0.262 e. The SMILES string of the molecule is CC(C)C(C(=O)Nc1cccc(Cl)c1)N1C(=O)c2ccccc2C1=O. The predicted octanol–water partition coefficient (Wildman–Crippen LogP) is 3.60. The monoisotopic (exact) mass is 356 g/mol. The largest absolute Gasteiger partial charge is 0.324 e. The molecule has 25 heavy (non-hydrogen) atoms. The van der Waals surface area contributed by atoms with E-state index in [0.29, 0.717) is 21.8 Å². The third-order valence-corrected chi connectivity index (χ3v) is 4.33. The van der Waals surface area contributed by atoms with Gasteiger partial charge >= 0.3 is 0 Å². The summed E-state index contributed by atoms with van der Waals surface area (Å²) in [5.41, 5.74) is 1.17. The molecule has 1 atom stereocenters. The van der Waals surface area contributed by atoms with Crippen LogP contribution < -0.4 is 5.32 Å². The Morgan fingerprint density at radius 3 is 2.12 bits per heavy atom. The fraction of sp³-hybridized carbons (Fsp3) is 0.211. The third-order valence-electron chi connectivity index (χ3n) is 4.10. The molecular formula is C19H17ClN2O3. The quantitative estimate of drug-likeness (QED) is 0.851. The summed E-state index contributed by atoms with van der Waals surface area (Å²) in [6.07, 6.45) is 0. The van der Waals surface area contributed by atoms with Crippen LogP contribution in [0.3, 0.4) is 0 Å². The minimum Gasteiger partial charge on any atom is -0.324 e. The average molecular weight is 357 g/mol. The minimum absolute atomic E-state index is 0.249. The van der Waals surface area contributed by atoms with Crippen molar-refractivity contribution in [1.29, 1.82) is 0 Å². The van der Waals surface area contributed by atoms with Crippen molar-refractivity contribution in [2.24, 2.45) is 5.92 Å². The summed E-state index contributed by atoms with van der Waals surface area (Å²) in [7, 11) is 0. The summed E-state index contributed by atoms with van der Waals surface area (Å²) < 4.78 is 0. The van der Waals surface area contributed by atoms with Gasteiger partial charge in [0, 0.05) is 10.7 Å². The molecule has 0 aromatic heterocycles. The Hall–Kier alpha value is -2.66. The molecule has 0 saturated heterocycles. The lowest BCUT2D eigenvalue weighted by molar-refractivity contribution is -0.121. The van der Waals surface area contributed by atoms with Crippen LogP contribution >= 0.6 is 11.6 Å². The van der Waals surface area contributed by atoms with Gasteiger partial charge in [-0.3, -0.25) is 19.3 Å². The van der Waals surface area contributed by atoms with Crippen LogP contribution in [0.2, 0.25) is 5.02 Å². The van der Waals surface area contributed by atoms with E-state index in [2.05, 4.69) is 5.32 Å². The van der Waals surface area contributed by atoms with E-state index in [4.69, 9.17) is 11.6 Å². The van der Waals surface area contributed by atoms with Crippen LogP contribution in [0.4, 0.5) is 5.69 Å². The lowest BCUT2D eigenvalue weighted by atomic mass is 10.0. The maximum atomic E-state index is 12.8. The van der Waals surface area contributed by atoms with Gasteiger partial charge in [-0.2, -0.15) is 0 Å². The fourth-order valence-corrected chi connectivity index (χ4v) is 3.15. The molecule has 1 aliphatic rings. The van der Waals surface area contributed by atoms with Crippen LogP contribution in [-0.2, 0) is 4.79 Å². The molecule has 3 rings (SSSR count). The van der Waals surface area contributed by atoms with Crippen molar-refractivity contribution in [3.05, 3.63) is 64.7 Å². The molecule has 3 amide bonds. The number of amides is 3. The maximum absolute atomic E-state index is 12.8. The third kappa shape index (κ3) is 3.15. The Kier molecular flexibility index (Phi) is 4.59. The molecule has 0 aliphatic carbocycles. The molecule has 2 aromatic carbocycles. The van der Waals surface area contributed by atoms with Crippen molar-refractivity contribution in [2.75, 3.05) is 5.32 Å². The Balaban J connectivity index is 1.91. The summed E-state index contributed by atoms with van der Waals surface area (Å²) >= 11 is 5.93. The summed E-state index contributed by atoms with van der Waals surface area (Å²) in [4.78, 5) is 39.2. The van der Waals surface area contributed by atoms with Gasteiger partial charge in [0.15, 0.2) is 0 Å². The predicted molar refractivity (Wildman–Crippen MR) is 95.6 cm³/mol. The number of carbonyl (C=O) groups excluding carboxylic acids is 3. The van der Waals surface area contributed by atoms with Gasteiger partial charge in [-0.25, -0.2) is 0 Å². The first-order valence-electron chi connectivity index (χ1n) is 7.93. The molecule has 0 spiro atoms. The normalized spacial score (nSPS) is 14.6. The Bertz CT molecular complexity index is 828. The molecule has 128 valence electrons. The number of rotatable bonds is 4. The van der Waals surface area contributed by atoms with Crippen molar-refractivity contribution < 1.29 is 14.4 Å². The second kappa shape index (κ2) is 6.69. The van der Waals surface area contributed by atoms with Crippen molar-refractivity contribution in [2.45, 2.75) is 19.9 Å². The van der Waals surface area contributed by atoms with E-state index < -0.39 is 23.8 Å². The van der Waals surface area contributed by atoms with Crippen molar-refractivity contribution in [3.8, 4) is 0 Å². The van der Waals surface area contributed by atoms with Gasteiger partial charge in [0.1, 0.15) is 6.04 Å². The van der Waals surface area contributed by atoms with Crippen molar-refractivity contribution >= 4 is 35.0 Å². The summed E-state index contributed by atoms with van der Waals surface area (Å²) in [5, 5.41) is 3.23. The highest BCUT2D eigenvalue weighted by Crippen LogP contribution is 2.28. The summed E-state index contributed by atoms with van der Waals surface area (Å²) in [6, 6.07) is 12.4. The number of benzene rings is 2. The van der Waals surface area contributed by atoms with E-state index in [1.165, 1.54) is 0 Å². The molecule has 6 heteroatoms. The first kappa shape index (κ1) is 17.2. The molecule has 2 aromatic rings. The molecular weight excluding hydrogens is 340 g/mol. The molecule has 1 unspecified atom stereocenters. The Morgan fingerprint density at radius 2 is 1.60 bits per heavy atom. The number of carbonyl (C=O) groups is 3. The van der Waals surface area contributed by atoms with Gasteiger partial charge in [-0.05, 0) is 36.2 Å². The van der Waals surface area contributed by atoms with Crippen LogP contribution in [0.15, 0.2) is 48.5 Å². The topological polar surface area (TPSA) is 66.5 Å². The number of halogens is 1. The highest BCUT2D eigenvalue weighted by atomic mass is 35.5. The van der Waals surface area contributed by atoms with Crippen LogP contribution in [0, 0.1) is 5.92 Å². The number of nitrogens with one attached hydrogen (secondary N) is 1. The standard InChI is InChI=1S/C19H17ClN2O3/c1-11(2)16(17(23)21-13-7-5-6-12(20)10-13)22-18(24)14-8-3-4-9-15(14)19(22)25/h3-11,16H,1-2H3,(H,21,23). The lowest BCUT2D eigenvalue weighted by Gasteiger charge is -2.28. The van der Waals surface area contributed by atoms with Gasteiger partial charge in [-0.15, -0.1) is 0 Å².